The number of para-hydroxylation sites is 1. The van der Waals surface area contributed by atoms with Gasteiger partial charge in [0.05, 0.1) is 18.4 Å². The molecule has 4 rings (SSSR count). The van der Waals surface area contributed by atoms with E-state index in [-0.39, 0.29) is 31.9 Å². The number of benzene rings is 2. The van der Waals surface area contributed by atoms with Gasteiger partial charge < -0.3 is 15.2 Å². The molecule has 2 heterocycles. The van der Waals surface area contributed by atoms with E-state index in [2.05, 4.69) is 10.0 Å². The predicted molar refractivity (Wildman–Crippen MR) is 118 cm³/mol. The first kappa shape index (κ1) is 22.0. The lowest BCUT2D eigenvalue weighted by Gasteiger charge is -2.28. The van der Waals surface area contributed by atoms with Gasteiger partial charge >= 0.3 is 5.97 Å². The molecule has 0 spiro atoms. The molecule has 2 aliphatic rings. The quantitative estimate of drug-likeness (QED) is 0.494. The Bertz CT molecular complexity index is 1070. The van der Waals surface area contributed by atoms with Crippen LogP contribution in [0.4, 0.5) is 0 Å². The van der Waals surface area contributed by atoms with Crippen LogP contribution in [0.3, 0.4) is 0 Å². The summed E-state index contributed by atoms with van der Waals surface area (Å²) >= 11 is -2.39. The highest BCUT2D eigenvalue weighted by molar-refractivity contribution is 7.77. The van der Waals surface area contributed by atoms with E-state index in [1.165, 1.54) is 0 Å². The molecule has 1 fully saturated rings. The van der Waals surface area contributed by atoms with E-state index in [0.717, 1.165) is 11.1 Å². The van der Waals surface area contributed by atoms with Crippen LogP contribution >= 0.6 is 0 Å². The Labute approximate surface area is 188 Å². The third-order valence-corrected chi connectivity index (χ3v) is 6.41. The fourth-order valence-electron chi connectivity index (χ4n) is 4.62. The second kappa shape index (κ2) is 9.54. The van der Waals surface area contributed by atoms with Crippen LogP contribution in [0.15, 0.2) is 65.9 Å². The van der Waals surface area contributed by atoms with E-state index in [4.69, 9.17) is 4.74 Å². The number of carboxylic acids is 1. The number of ether oxygens (including phenoxy) is 1. The smallest absolute Gasteiger partial charge is 0.311 e. The van der Waals surface area contributed by atoms with Crippen molar-refractivity contribution in [3.05, 3.63) is 77.0 Å². The Morgan fingerprint density at radius 2 is 1.88 bits per heavy atom. The molecule has 2 aromatic carbocycles. The first-order valence-electron chi connectivity index (χ1n) is 10.3. The Hall–Kier alpha value is -3.17. The normalized spacial score (nSPS) is 25.0. The van der Waals surface area contributed by atoms with Crippen molar-refractivity contribution in [1.82, 2.24) is 10.0 Å². The van der Waals surface area contributed by atoms with Crippen LogP contribution in [-0.2, 0) is 27.3 Å². The zero-order chi connectivity index (χ0) is 22.7. The SMILES string of the molecule is O=C(O)C1C(=C(Cc2ccccc2)NS(=O)O)CCNC(=O)[C@H]1C1COc2ccccc21. The minimum absolute atomic E-state index is 0.196. The lowest BCUT2D eigenvalue weighted by atomic mass is 9.74. The maximum atomic E-state index is 13.1. The van der Waals surface area contributed by atoms with Gasteiger partial charge in [0.25, 0.3) is 11.3 Å². The van der Waals surface area contributed by atoms with Crippen LogP contribution in [-0.4, -0.2) is 38.9 Å². The van der Waals surface area contributed by atoms with Gasteiger partial charge in [-0.3, -0.25) is 18.9 Å². The molecule has 4 atom stereocenters. The van der Waals surface area contributed by atoms with E-state index in [1.54, 1.807) is 6.07 Å². The van der Waals surface area contributed by atoms with Crippen molar-refractivity contribution in [3.63, 3.8) is 0 Å². The lowest BCUT2D eigenvalue weighted by molar-refractivity contribution is -0.145. The average molecular weight is 457 g/mol. The summed E-state index contributed by atoms with van der Waals surface area (Å²) in [5.41, 5.74) is 2.43. The summed E-state index contributed by atoms with van der Waals surface area (Å²) in [6, 6.07) is 16.6. The Balaban J connectivity index is 1.81. The highest BCUT2D eigenvalue weighted by Gasteiger charge is 2.47. The van der Waals surface area contributed by atoms with Gasteiger partial charge in [0.1, 0.15) is 5.75 Å². The monoisotopic (exact) mass is 456 g/mol. The van der Waals surface area contributed by atoms with Crippen LogP contribution in [0.25, 0.3) is 0 Å². The minimum atomic E-state index is -2.39. The number of allylic oxidation sites excluding steroid dienone is 1. The molecule has 1 saturated heterocycles. The first-order valence-corrected chi connectivity index (χ1v) is 11.4. The topological polar surface area (TPSA) is 125 Å². The van der Waals surface area contributed by atoms with Crippen molar-refractivity contribution in [2.24, 2.45) is 11.8 Å². The van der Waals surface area contributed by atoms with Gasteiger partial charge in [0, 0.05) is 30.1 Å². The summed E-state index contributed by atoms with van der Waals surface area (Å²) < 4.78 is 29.5. The van der Waals surface area contributed by atoms with Crippen LogP contribution in [0.1, 0.15) is 23.5 Å². The van der Waals surface area contributed by atoms with Crippen LogP contribution in [0.5, 0.6) is 5.75 Å². The van der Waals surface area contributed by atoms with Crippen molar-refractivity contribution in [1.29, 1.82) is 0 Å². The molecule has 0 bridgehead atoms. The molecule has 2 aliphatic heterocycles. The molecule has 0 radical (unpaired) electrons. The molecule has 168 valence electrons. The second-order valence-corrected chi connectivity index (χ2v) is 8.56. The third-order valence-electron chi connectivity index (χ3n) is 5.99. The summed E-state index contributed by atoms with van der Waals surface area (Å²) in [5, 5.41) is 13.1. The van der Waals surface area contributed by atoms with Crippen LogP contribution in [0.2, 0.25) is 0 Å². The number of carboxylic acid groups (broad SMARTS) is 1. The van der Waals surface area contributed by atoms with Crippen molar-refractivity contribution >= 4 is 23.1 Å². The van der Waals surface area contributed by atoms with Gasteiger partial charge in [-0.05, 0) is 23.6 Å². The van der Waals surface area contributed by atoms with E-state index < -0.39 is 35.0 Å². The van der Waals surface area contributed by atoms with Gasteiger partial charge in [0.2, 0.25) is 5.91 Å². The molecular formula is C23H24N2O6S. The number of nitrogens with one attached hydrogen (secondary N) is 2. The standard InChI is InChI=1S/C23H24N2O6S/c26-22-20(17-13-31-19-9-5-4-8-15(17)19)21(23(27)28)16(10-11-24-22)18(25-32(29)30)12-14-6-2-1-3-7-14/h1-9,17,20-21,25H,10-13H2,(H,24,26)(H,27,28)(H,29,30)/t17?,20-,21?/m0/s1. The van der Waals surface area contributed by atoms with Crippen LogP contribution < -0.4 is 14.8 Å². The Morgan fingerprint density at radius 3 is 2.59 bits per heavy atom. The van der Waals surface area contributed by atoms with E-state index in [9.17, 15) is 23.5 Å². The number of hydrogen-bond acceptors (Lipinski definition) is 4. The highest BCUT2D eigenvalue weighted by Crippen LogP contribution is 2.44. The van der Waals surface area contributed by atoms with Gasteiger partial charge in [-0.2, -0.15) is 0 Å². The summed E-state index contributed by atoms with van der Waals surface area (Å²) in [7, 11) is 0. The highest BCUT2D eigenvalue weighted by atomic mass is 32.2. The second-order valence-electron chi connectivity index (χ2n) is 7.86. The fraction of sp³-hybridized carbons (Fsp3) is 0.304. The van der Waals surface area contributed by atoms with Crippen molar-refractivity contribution in [2.45, 2.75) is 18.8 Å². The zero-order valence-corrected chi connectivity index (χ0v) is 18.0. The number of hydrogen-bond donors (Lipinski definition) is 4. The van der Waals surface area contributed by atoms with Gasteiger partial charge in [-0.15, -0.1) is 0 Å². The minimum Gasteiger partial charge on any atom is -0.493 e. The fourth-order valence-corrected chi connectivity index (χ4v) is 5.04. The maximum absolute atomic E-state index is 13.1. The van der Waals surface area contributed by atoms with E-state index >= 15 is 0 Å². The number of fused-ring (bicyclic) bond motifs is 1. The van der Waals surface area contributed by atoms with Crippen LogP contribution in [0, 0.1) is 11.8 Å². The summed E-state index contributed by atoms with van der Waals surface area (Å²) in [4.78, 5) is 25.7. The summed E-state index contributed by atoms with van der Waals surface area (Å²) in [6.07, 6.45) is 0.492. The van der Waals surface area contributed by atoms with Crippen molar-refractivity contribution < 1.29 is 28.2 Å². The van der Waals surface area contributed by atoms with Gasteiger partial charge in [-0.1, -0.05) is 48.5 Å². The largest absolute Gasteiger partial charge is 0.493 e. The Morgan fingerprint density at radius 1 is 1.16 bits per heavy atom. The maximum Gasteiger partial charge on any atom is 0.311 e. The lowest BCUT2D eigenvalue weighted by Crippen LogP contribution is -2.40. The zero-order valence-electron chi connectivity index (χ0n) is 17.2. The number of carbonyl (C=O) groups is 2. The van der Waals surface area contributed by atoms with E-state index in [1.807, 2.05) is 48.5 Å². The molecule has 8 nitrogen and oxygen atoms in total. The molecule has 1 amide bonds. The number of rotatable bonds is 6. The molecule has 2 aromatic rings. The van der Waals surface area contributed by atoms with Crippen molar-refractivity contribution in [3.8, 4) is 5.75 Å². The molecule has 32 heavy (non-hydrogen) atoms. The molecule has 0 aliphatic carbocycles. The molecule has 0 aromatic heterocycles. The molecule has 0 saturated carbocycles. The van der Waals surface area contributed by atoms with E-state index in [0.29, 0.717) is 17.0 Å². The Kier molecular flexibility index (Phi) is 6.57. The summed E-state index contributed by atoms with van der Waals surface area (Å²) in [5.74, 6) is -3.41. The van der Waals surface area contributed by atoms with Gasteiger partial charge in [-0.25, -0.2) is 4.21 Å². The average Bonchev–Trinajstić information content (AvgIpc) is 3.10. The first-order chi connectivity index (χ1) is 15.5. The third kappa shape index (κ3) is 4.53. The molecule has 4 N–H and O–H groups in total. The molecule has 3 unspecified atom stereocenters. The molecular weight excluding hydrogens is 432 g/mol. The predicted octanol–water partition coefficient (Wildman–Crippen LogP) is 2.22. The molecule has 9 heteroatoms. The number of amides is 1. The van der Waals surface area contributed by atoms with Crippen molar-refractivity contribution in [2.75, 3.05) is 13.2 Å². The number of carbonyl (C=O) groups excluding carboxylic acids is 1. The number of aliphatic carboxylic acids is 1. The van der Waals surface area contributed by atoms with Gasteiger partial charge in [0.15, 0.2) is 0 Å². The summed E-state index contributed by atoms with van der Waals surface area (Å²) in [6.45, 7) is 0.434.